The van der Waals surface area contributed by atoms with Gasteiger partial charge in [-0.15, -0.1) is 12.3 Å². The number of hydrogen-bond donors (Lipinski definition) is 2. The molecule has 0 aliphatic carbocycles. The van der Waals surface area contributed by atoms with Gasteiger partial charge in [0, 0.05) is 18.6 Å². The number of sulfonamides is 1. The van der Waals surface area contributed by atoms with Crippen LogP contribution in [0.15, 0.2) is 29.2 Å². The molecule has 1 atom stereocenters. The lowest BCUT2D eigenvalue weighted by molar-refractivity contribution is -0.385. The van der Waals surface area contributed by atoms with Gasteiger partial charge in [0.2, 0.25) is 10.0 Å². The van der Waals surface area contributed by atoms with Crippen molar-refractivity contribution >= 4 is 21.7 Å². The van der Waals surface area contributed by atoms with Crippen molar-refractivity contribution in [1.29, 1.82) is 0 Å². The maximum Gasteiger partial charge on any atom is 0.322 e. The number of benzene rings is 1. The molecule has 0 aliphatic rings. The van der Waals surface area contributed by atoms with E-state index in [9.17, 15) is 23.3 Å². The van der Waals surface area contributed by atoms with Gasteiger partial charge in [-0.05, 0) is 6.07 Å². The van der Waals surface area contributed by atoms with Gasteiger partial charge in [-0.2, -0.15) is 4.72 Å². The maximum atomic E-state index is 11.9. The number of terminal acetylenes is 1. The van der Waals surface area contributed by atoms with E-state index in [1.54, 1.807) is 0 Å². The lowest BCUT2D eigenvalue weighted by Gasteiger charge is -2.12. The second-order valence-corrected chi connectivity index (χ2v) is 5.39. The van der Waals surface area contributed by atoms with Crippen molar-refractivity contribution in [2.24, 2.45) is 0 Å². The monoisotopic (exact) mass is 298 g/mol. The molecule has 0 spiro atoms. The second-order valence-electron chi connectivity index (χ2n) is 3.67. The molecule has 2 N–H and O–H groups in total. The van der Waals surface area contributed by atoms with Gasteiger partial charge in [0.1, 0.15) is 6.04 Å². The normalized spacial score (nSPS) is 12.3. The van der Waals surface area contributed by atoms with Gasteiger partial charge in [-0.3, -0.25) is 14.9 Å². The largest absolute Gasteiger partial charge is 0.480 e. The molecule has 0 aliphatic heterocycles. The molecule has 0 radical (unpaired) electrons. The molecule has 1 aromatic rings. The number of non-ortho nitro benzene ring substituents is 1. The summed E-state index contributed by atoms with van der Waals surface area (Å²) in [5.74, 6) is 0.603. The van der Waals surface area contributed by atoms with Gasteiger partial charge in [-0.1, -0.05) is 6.07 Å². The van der Waals surface area contributed by atoms with Crippen molar-refractivity contribution in [2.45, 2.75) is 17.4 Å². The Hall–Kier alpha value is -2.44. The molecule has 0 bridgehead atoms. The van der Waals surface area contributed by atoms with Gasteiger partial charge < -0.3 is 5.11 Å². The summed E-state index contributed by atoms with van der Waals surface area (Å²) >= 11 is 0. The van der Waals surface area contributed by atoms with Crippen LogP contribution in [0.2, 0.25) is 0 Å². The minimum Gasteiger partial charge on any atom is -0.480 e. The van der Waals surface area contributed by atoms with Gasteiger partial charge in [0.05, 0.1) is 9.82 Å². The fourth-order valence-corrected chi connectivity index (χ4v) is 2.55. The molecule has 0 amide bonds. The van der Waals surface area contributed by atoms with E-state index >= 15 is 0 Å². The van der Waals surface area contributed by atoms with Gasteiger partial charge in [-0.25, -0.2) is 8.42 Å². The summed E-state index contributed by atoms with van der Waals surface area (Å²) in [4.78, 5) is 20.3. The van der Waals surface area contributed by atoms with Gasteiger partial charge in [0.15, 0.2) is 0 Å². The highest BCUT2D eigenvalue weighted by Crippen LogP contribution is 2.17. The number of aliphatic carboxylic acids is 1. The molecule has 106 valence electrons. The first kappa shape index (κ1) is 15.6. The highest BCUT2D eigenvalue weighted by molar-refractivity contribution is 7.89. The molecule has 0 fully saturated rings. The molecule has 20 heavy (non-hydrogen) atoms. The second kappa shape index (κ2) is 6.14. The van der Waals surface area contributed by atoms with E-state index in [-0.39, 0.29) is 6.42 Å². The number of nitrogens with zero attached hydrogens (tertiary/aromatic N) is 1. The van der Waals surface area contributed by atoms with E-state index in [2.05, 4.69) is 0 Å². The summed E-state index contributed by atoms with van der Waals surface area (Å²) in [5.41, 5.74) is -0.420. The van der Waals surface area contributed by atoms with Crippen molar-refractivity contribution in [2.75, 3.05) is 0 Å². The fourth-order valence-electron chi connectivity index (χ4n) is 1.32. The maximum absolute atomic E-state index is 11.9. The number of carbonyl (C=O) groups is 1. The Morgan fingerprint density at radius 2 is 2.20 bits per heavy atom. The van der Waals surface area contributed by atoms with E-state index in [4.69, 9.17) is 11.5 Å². The van der Waals surface area contributed by atoms with Crippen LogP contribution in [-0.4, -0.2) is 30.5 Å². The van der Waals surface area contributed by atoms with Gasteiger partial charge in [0.25, 0.3) is 5.69 Å². The molecule has 1 rings (SSSR count). The van der Waals surface area contributed by atoms with Crippen molar-refractivity contribution in [3.05, 3.63) is 34.4 Å². The molecule has 0 aromatic heterocycles. The van der Waals surface area contributed by atoms with Crippen LogP contribution in [0.25, 0.3) is 0 Å². The Balaban J connectivity index is 3.11. The lowest BCUT2D eigenvalue weighted by atomic mass is 10.2. The van der Waals surface area contributed by atoms with E-state index in [0.29, 0.717) is 0 Å². The molecular formula is C11H10N2O6S. The van der Waals surface area contributed by atoms with Crippen LogP contribution in [0, 0.1) is 22.5 Å². The summed E-state index contributed by atoms with van der Waals surface area (Å²) in [6.45, 7) is 0. The third kappa shape index (κ3) is 3.78. The number of carboxylic acids is 1. The summed E-state index contributed by atoms with van der Waals surface area (Å²) < 4.78 is 25.7. The summed E-state index contributed by atoms with van der Waals surface area (Å²) in [6.07, 6.45) is 4.61. The minimum absolute atomic E-state index is 0.344. The van der Waals surface area contributed by atoms with E-state index in [1.165, 1.54) is 6.07 Å². The summed E-state index contributed by atoms with van der Waals surface area (Å²) in [6, 6.07) is 2.75. The SMILES string of the molecule is C#CCC(NS(=O)(=O)c1cccc([N+](=O)[O-])c1)C(=O)O. The topological polar surface area (TPSA) is 127 Å². The molecular weight excluding hydrogens is 288 g/mol. The van der Waals surface area contributed by atoms with Crippen LogP contribution >= 0.6 is 0 Å². The first-order chi connectivity index (χ1) is 9.27. The number of rotatable bonds is 6. The predicted octanol–water partition coefficient (Wildman–Crippen LogP) is 0.350. The zero-order valence-corrected chi connectivity index (χ0v) is 10.8. The standard InChI is InChI=1S/C11H10N2O6S/c1-2-4-10(11(14)15)12-20(18,19)9-6-3-5-8(7-9)13(16)17/h1,3,5-7,10,12H,4H2,(H,14,15). The van der Waals surface area contributed by atoms with Crippen LogP contribution < -0.4 is 4.72 Å². The Morgan fingerprint density at radius 3 is 2.70 bits per heavy atom. The van der Waals surface area contributed by atoms with Crippen LogP contribution in [0.3, 0.4) is 0 Å². The third-order valence-corrected chi connectivity index (χ3v) is 3.73. The Labute approximate surface area is 114 Å². The smallest absolute Gasteiger partial charge is 0.322 e. The molecule has 0 saturated carbocycles. The minimum atomic E-state index is -4.21. The molecule has 0 saturated heterocycles. The zero-order chi connectivity index (χ0) is 15.3. The predicted molar refractivity (Wildman–Crippen MR) is 68.3 cm³/mol. The number of nitro benzene ring substituents is 1. The Bertz CT molecular complexity index is 676. The average molecular weight is 298 g/mol. The molecule has 8 nitrogen and oxygen atoms in total. The van der Waals surface area contributed by atoms with E-state index in [1.807, 2.05) is 10.6 Å². The quantitative estimate of drug-likeness (QED) is 0.443. The average Bonchev–Trinajstić information content (AvgIpc) is 2.38. The van der Waals surface area contributed by atoms with Crippen LogP contribution in [0.5, 0.6) is 0 Å². The van der Waals surface area contributed by atoms with Crippen molar-refractivity contribution < 1.29 is 23.2 Å². The first-order valence-electron chi connectivity index (χ1n) is 5.21. The Kier molecular flexibility index (Phi) is 4.79. The molecule has 1 aromatic carbocycles. The first-order valence-corrected chi connectivity index (χ1v) is 6.69. The molecule has 9 heteroatoms. The number of nitrogens with one attached hydrogen (secondary N) is 1. The zero-order valence-electron chi connectivity index (χ0n) is 10.0. The van der Waals surface area contributed by atoms with Crippen molar-refractivity contribution in [3.8, 4) is 12.3 Å². The third-order valence-electron chi connectivity index (χ3n) is 2.26. The number of carboxylic acid groups (broad SMARTS) is 1. The van der Waals surface area contributed by atoms with Crippen molar-refractivity contribution in [1.82, 2.24) is 4.72 Å². The van der Waals surface area contributed by atoms with E-state index < -0.39 is 37.5 Å². The molecule has 0 heterocycles. The highest BCUT2D eigenvalue weighted by atomic mass is 32.2. The Morgan fingerprint density at radius 1 is 1.55 bits per heavy atom. The molecule has 1 unspecified atom stereocenters. The van der Waals surface area contributed by atoms with Crippen LogP contribution in [0.4, 0.5) is 5.69 Å². The van der Waals surface area contributed by atoms with E-state index in [0.717, 1.165) is 18.2 Å². The van der Waals surface area contributed by atoms with Gasteiger partial charge >= 0.3 is 5.97 Å². The summed E-state index contributed by atoms with van der Waals surface area (Å²) in [5, 5.41) is 19.4. The number of hydrogen-bond acceptors (Lipinski definition) is 5. The van der Waals surface area contributed by atoms with Crippen LogP contribution in [-0.2, 0) is 14.8 Å². The van der Waals surface area contributed by atoms with Crippen molar-refractivity contribution in [3.63, 3.8) is 0 Å². The van der Waals surface area contributed by atoms with Crippen LogP contribution in [0.1, 0.15) is 6.42 Å². The number of nitro groups is 1. The highest BCUT2D eigenvalue weighted by Gasteiger charge is 2.25. The lowest BCUT2D eigenvalue weighted by Crippen LogP contribution is -2.40. The summed E-state index contributed by atoms with van der Waals surface area (Å²) in [7, 11) is -4.21. The fraction of sp³-hybridized carbons (Fsp3) is 0.182.